The van der Waals surface area contributed by atoms with Crippen LogP contribution >= 0.6 is 0 Å². The van der Waals surface area contributed by atoms with Crippen LogP contribution < -0.4 is 0 Å². The van der Waals surface area contributed by atoms with E-state index in [0.717, 1.165) is 0 Å². The summed E-state index contributed by atoms with van der Waals surface area (Å²) in [7, 11) is 0. The predicted octanol–water partition coefficient (Wildman–Crippen LogP) is 3.99. The molecular formula is C9HF15O4. The van der Waals surface area contributed by atoms with E-state index in [4.69, 9.17) is 0 Å². The molecule has 0 unspecified atom stereocenters. The number of alkyl halides is 15. The fraction of sp³-hybridized carbons (Fsp3) is 0.778. The lowest BCUT2D eigenvalue weighted by Gasteiger charge is -2.42. The van der Waals surface area contributed by atoms with Crippen molar-refractivity contribution in [3.63, 3.8) is 0 Å². The van der Waals surface area contributed by atoms with Crippen LogP contribution in [0.5, 0.6) is 0 Å². The van der Waals surface area contributed by atoms with Crippen molar-refractivity contribution in [2.45, 2.75) is 42.1 Å². The molecule has 28 heavy (non-hydrogen) atoms. The predicted molar refractivity (Wildman–Crippen MR) is 49.0 cm³/mol. The molecule has 0 bridgehead atoms. The first-order valence-corrected chi connectivity index (χ1v) is 5.62. The quantitative estimate of drug-likeness (QED) is 0.344. The van der Waals surface area contributed by atoms with Gasteiger partial charge in [0.05, 0.1) is 0 Å². The molecule has 0 aromatic carbocycles. The molecule has 0 atom stereocenters. The van der Waals surface area contributed by atoms with E-state index in [1.54, 1.807) is 4.74 Å². The molecule has 0 aliphatic rings. The average molecular weight is 458 g/mol. The van der Waals surface area contributed by atoms with Gasteiger partial charge in [-0.3, -0.25) is 4.79 Å². The van der Waals surface area contributed by atoms with E-state index in [9.17, 15) is 75.4 Å². The molecule has 166 valence electrons. The van der Waals surface area contributed by atoms with Crippen molar-refractivity contribution in [3.8, 4) is 0 Å². The summed E-state index contributed by atoms with van der Waals surface area (Å²) in [5.74, 6) is -20.2. The van der Waals surface area contributed by atoms with Crippen LogP contribution in [0.2, 0.25) is 0 Å². The molecule has 0 aliphatic heterocycles. The maximum absolute atomic E-state index is 13.5. The van der Waals surface area contributed by atoms with E-state index < -0.39 is 54.5 Å². The highest BCUT2D eigenvalue weighted by atomic mass is 19.4. The Morgan fingerprint density at radius 3 is 1.25 bits per heavy atom. The Bertz CT molecular complexity index is 584. The number of hydrogen-bond donors (Lipinski definition) is 0. The molecular weight excluding hydrogens is 457 g/mol. The third kappa shape index (κ3) is 3.74. The second-order valence-electron chi connectivity index (χ2n) is 4.44. The van der Waals surface area contributed by atoms with Gasteiger partial charge >= 0.3 is 48.1 Å². The summed E-state index contributed by atoms with van der Waals surface area (Å²) in [4.78, 5) is 20.2. The van der Waals surface area contributed by atoms with Gasteiger partial charge < -0.3 is 9.47 Å². The van der Waals surface area contributed by atoms with Crippen LogP contribution in [0.4, 0.5) is 65.9 Å². The number of ether oxygens (including phenoxy) is 2. The van der Waals surface area contributed by atoms with Crippen LogP contribution in [-0.4, -0.2) is 54.5 Å². The molecule has 0 N–H and O–H groups in total. The van der Waals surface area contributed by atoms with Gasteiger partial charge in [0, 0.05) is 0 Å². The van der Waals surface area contributed by atoms with E-state index in [0.29, 0.717) is 0 Å². The Morgan fingerprint density at radius 1 is 0.643 bits per heavy atom. The minimum Gasteiger partial charge on any atom is -0.429 e. The number of esters is 1. The number of rotatable bonds is 6. The van der Waals surface area contributed by atoms with Crippen molar-refractivity contribution in [1.29, 1.82) is 0 Å². The van der Waals surface area contributed by atoms with Crippen LogP contribution in [0.25, 0.3) is 0 Å². The summed E-state index contributed by atoms with van der Waals surface area (Å²) in [5.41, 5.74) is -7.99. The van der Waals surface area contributed by atoms with Crippen molar-refractivity contribution < 1.29 is 84.9 Å². The van der Waals surface area contributed by atoms with Gasteiger partial charge in [0.2, 0.25) is 0 Å². The molecule has 4 nitrogen and oxygen atoms in total. The first kappa shape index (κ1) is 25.9. The third-order valence-corrected chi connectivity index (χ3v) is 2.66. The van der Waals surface area contributed by atoms with Gasteiger partial charge in [-0.1, -0.05) is 0 Å². The highest BCUT2D eigenvalue weighted by Crippen LogP contribution is 2.59. The molecule has 0 spiro atoms. The monoisotopic (exact) mass is 458 g/mol. The lowest BCUT2D eigenvalue weighted by atomic mass is 9.92. The number of hydrogen-bond acceptors (Lipinski definition) is 4. The van der Waals surface area contributed by atoms with Crippen molar-refractivity contribution in [1.82, 2.24) is 0 Å². The SMILES string of the molecule is O=COC(F)(F)C(F)(F)C(OC(=O)C(F)(F)C(F)(F)F)(C(F)(F)F)C(F)(F)F. The smallest absolute Gasteiger partial charge is 0.429 e. The Balaban J connectivity index is 6.96. The number of carbonyl (C=O) groups is 2. The molecule has 0 amide bonds. The first-order valence-electron chi connectivity index (χ1n) is 5.62. The topological polar surface area (TPSA) is 52.6 Å². The van der Waals surface area contributed by atoms with Crippen LogP contribution in [0, 0.1) is 0 Å². The zero-order chi connectivity index (χ0) is 23.2. The molecule has 0 fully saturated rings. The van der Waals surface area contributed by atoms with Crippen molar-refractivity contribution in [3.05, 3.63) is 0 Å². The minimum absolute atomic E-state index is 1.67. The van der Waals surface area contributed by atoms with Gasteiger partial charge in [-0.15, -0.1) is 0 Å². The Kier molecular flexibility index (Phi) is 6.24. The van der Waals surface area contributed by atoms with Gasteiger partial charge in [0.15, 0.2) is 0 Å². The van der Waals surface area contributed by atoms with E-state index in [-0.39, 0.29) is 0 Å². The number of carbonyl (C=O) groups excluding carboxylic acids is 2. The minimum atomic E-state index is -7.99. The molecule has 0 rings (SSSR count). The maximum atomic E-state index is 13.5. The van der Waals surface area contributed by atoms with Crippen molar-refractivity contribution >= 4 is 12.4 Å². The fourth-order valence-corrected chi connectivity index (χ4v) is 1.35. The Morgan fingerprint density at radius 2 is 1.00 bits per heavy atom. The van der Waals surface area contributed by atoms with Crippen molar-refractivity contribution in [2.75, 3.05) is 0 Å². The number of halogens is 15. The van der Waals surface area contributed by atoms with Gasteiger partial charge in [0.1, 0.15) is 0 Å². The van der Waals surface area contributed by atoms with Crippen LogP contribution in [0.1, 0.15) is 0 Å². The van der Waals surface area contributed by atoms with E-state index in [1.165, 1.54) is 0 Å². The van der Waals surface area contributed by atoms with E-state index in [1.807, 2.05) is 0 Å². The zero-order valence-corrected chi connectivity index (χ0v) is 11.9. The molecule has 0 heterocycles. The van der Waals surface area contributed by atoms with Gasteiger partial charge in [-0.2, -0.15) is 65.9 Å². The second-order valence-corrected chi connectivity index (χ2v) is 4.44. The zero-order valence-electron chi connectivity index (χ0n) is 11.9. The van der Waals surface area contributed by atoms with Crippen LogP contribution in [0.3, 0.4) is 0 Å². The molecule has 0 aromatic heterocycles. The standard InChI is InChI=1S/C9HF15O4/c10-3(11,6(14,15)16)2(26)28-4(7(17,18)19,8(20,21)22)5(12,13)9(23,24)27-1-25/h1H. The van der Waals surface area contributed by atoms with Crippen LogP contribution in [0.15, 0.2) is 0 Å². The highest BCUT2D eigenvalue weighted by molar-refractivity contribution is 5.79. The molecule has 0 saturated heterocycles. The van der Waals surface area contributed by atoms with Gasteiger partial charge in [0.25, 0.3) is 6.47 Å². The lowest BCUT2D eigenvalue weighted by Crippen LogP contribution is -2.75. The van der Waals surface area contributed by atoms with Gasteiger partial charge in [-0.05, 0) is 0 Å². The summed E-state index contributed by atoms with van der Waals surface area (Å²) >= 11 is 0. The summed E-state index contributed by atoms with van der Waals surface area (Å²) in [6.07, 6.45) is -30.4. The maximum Gasteiger partial charge on any atom is 0.471 e. The highest BCUT2D eigenvalue weighted by Gasteiger charge is 2.93. The Hall–Kier alpha value is -2.11. The van der Waals surface area contributed by atoms with E-state index >= 15 is 0 Å². The Labute approximate surface area is 141 Å². The summed E-state index contributed by atoms with van der Waals surface area (Å²) in [5, 5.41) is 0. The third-order valence-electron chi connectivity index (χ3n) is 2.66. The van der Waals surface area contributed by atoms with Gasteiger partial charge in [-0.25, -0.2) is 4.79 Å². The molecule has 19 heteroatoms. The fourth-order valence-electron chi connectivity index (χ4n) is 1.35. The summed E-state index contributed by atoms with van der Waals surface area (Å²) in [6, 6.07) is 0. The summed E-state index contributed by atoms with van der Waals surface area (Å²) in [6.45, 7) is -1.81. The normalized spacial score (nSPS) is 15.2. The molecule has 0 radical (unpaired) electrons. The average Bonchev–Trinajstić information content (AvgIpc) is 2.39. The summed E-state index contributed by atoms with van der Waals surface area (Å²) < 4.78 is 194. The molecule has 0 aliphatic carbocycles. The first-order chi connectivity index (χ1) is 11.9. The van der Waals surface area contributed by atoms with E-state index in [2.05, 4.69) is 4.74 Å². The van der Waals surface area contributed by atoms with Crippen molar-refractivity contribution in [2.24, 2.45) is 0 Å². The second kappa shape index (κ2) is 6.75. The largest absolute Gasteiger partial charge is 0.471 e. The molecule has 0 aromatic rings. The van der Waals surface area contributed by atoms with Crippen LogP contribution in [-0.2, 0) is 19.1 Å². The lowest BCUT2D eigenvalue weighted by molar-refractivity contribution is -0.474. The molecule has 0 saturated carbocycles.